The Hall–Kier alpha value is -3.04. The molecule has 0 bridgehead atoms. The van der Waals surface area contributed by atoms with Gasteiger partial charge in [0.2, 0.25) is 0 Å². The SMILES string of the molecule is Cn1c(CN2CCN(c3ccc4c(=O)n(CCO)cnc4c3)CC2)cncc1=O. The molecule has 3 aromatic rings. The molecule has 0 spiro atoms. The molecule has 1 aromatic carbocycles. The van der Waals surface area contributed by atoms with Crippen molar-refractivity contribution in [2.24, 2.45) is 7.05 Å². The Kier molecular flexibility index (Phi) is 5.41. The van der Waals surface area contributed by atoms with Crippen molar-refractivity contribution in [1.29, 1.82) is 0 Å². The zero-order valence-electron chi connectivity index (χ0n) is 16.4. The molecule has 2 aromatic heterocycles. The van der Waals surface area contributed by atoms with Crippen molar-refractivity contribution in [2.75, 3.05) is 37.7 Å². The molecule has 0 saturated carbocycles. The van der Waals surface area contributed by atoms with Crippen LogP contribution in [-0.4, -0.2) is 61.9 Å². The van der Waals surface area contributed by atoms with E-state index in [9.17, 15) is 9.59 Å². The van der Waals surface area contributed by atoms with Crippen LogP contribution < -0.4 is 16.0 Å². The summed E-state index contributed by atoms with van der Waals surface area (Å²) in [5.41, 5.74) is 2.37. The summed E-state index contributed by atoms with van der Waals surface area (Å²) in [4.78, 5) is 37.1. The Bertz CT molecular complexity index is 1130. The van der Waals surface area contributed by atoms with E-state index >= 15 is 0 Å². The van der Waals surface area contributed by atoms with Gasteiger partial charge in [-0.1, -0.05) is 0 Å². The highest BCUT2D eigenvalue weighted by molar-refractivity contribution is 5.81. The average Bonchev–Trinajstić information content (AvgIpc) is 2.74. The maximum atomic E-state index is 12.4. The van der Waals surface area contributed by atoms with E-state index in [0.29, 0.717) is 17.4 Å². The summed E-state index contributed by atoms with van der Waals surface area (Å²) in [6.45, 7) is 4.27. The number of aliphatic hydroxyl groups is 1. The van der Waals surface area contributed by atoms with Crippen LogP contribution in [0.3, 0.4) is 0 Å². The zero-order chi connectivity index (χ0) is 20.4. The Morgan fingerprint density at radius 2 is 1.90 bits per heavy atom. The van der Waals surface area contributed by atoms with Crippen LogP contribution in [0, 0.1) is 0 Å². The normalized spacial score (nSPS) is 15.2. The third kappa shape index (κ3) is 3.92. The molecule has 0 atom stereocenters. The lowest BCUT2D eigenvalue weighted by molar-refractivity contribution is 0.243. The van der Waals surface area contributed by atoms with Gasteiger partial charge in [0.05, 0.1) is 42.3 Å². The van der Waals surface area contributed by atoms with Crippen LogP contribution in [0.4, 0.5) is 5.69 Å². The lowest BCUT2D eigenvalue weighted by Gasteiger charge is -2.36. The highest BCUT2D eigenvalue weighted by Crippen LogP contribution is 2.21. The Morgan fingerprint density at radius 1 is 1.10 bits per heavy atom. The van der Waals surface area contributed by atoms with Crippen molar-refractivity contribution in [1.82, 2.24) is 24.0 Å². The van der Waals surface area contributed by atoms with E-state index in [1.165, 1.54) is 17.1 Å². The maximum Gasteiger partial charge on any atom is 0.268 e. The van der Waals surface area contributed by atoms with Gasteiger partial charge in [-0.15, -0.1) is 0 Å². The molecule has 1 saturated heterocycles. The minimum atomic E-state index is -0.137. The van der Waals surface area contributed by atoms with E-state index in [2.05, 4.69) is 19.8 Å². The second-order valence-electron chi connectivity index (χ2n) is 7.23. The van der Waals surface area contributed by atoms with Crippen LogP contribution in [0.5, 0.6) is 0 Å². The minimum Gasteiger partial charge on any atom is -0.395 e. The van der Waals surface area contributed by atoms with Gasteiger partial charge >= 0.3 is 0 Å². The van der Waals surface area contributed by atoms with Crippen LogP contribution in [0.25, 0.3) is 10.9 Å². The summed E-state index contributed by atoms with van der Waals surface area (Å²) in [7, 11) is 1.77. The van der Waals surface area contributed by atoms with Gasteiger partial charge in [0.1, 0.15) is 0 Å². The van der Waals surface area contributed by atoms with Crippen molar-refractivity contribution < 1.29 is 5.11 Å². The first kappa shape index (κ1) is 19.3. The number of hydrogen-bond donors (Lipinski definition) is 1. The summed E-state index contributed by atoms with van der Waals surface area (Å²) in [5, 5.41) is 9.61. The number of piperazine rings is 1. The van der Waals surface area contributed by atoms with Gasteiger partial charge in [-0.25, -0.2) is 4.98 Å². The lowest BCUT2D eigenvalue weighted by atomic mass is 10.2. The zero-order valence-corrected chi connectivity index (χ0v) is 16.4. The standard InChI is InChI=1S/C20H24N6O3/c1-23-16(11-21-12-19(23)28)13-24-4-6-25(7-5-24)15-2-3-17-18(10-15)22-14-26(8-9-27)20(17)29/h2-3,10-12,14,27H,4-9,13H2,1H3. The number of benzene rings is 1. The molecular weight excluding hydrogens is 372 g/mol. The molecule has 3 heterocycles. The van der Waals surface area contributed by atoms with Crippen molar-refractivity contribution in [2.45, 2.75) is 13.1 Å². The number of rotatable bonds is 5. The molecule has 1 aliphatic rings. The highest BCUT2D eigenvalue weighted by atomic mass is 16.3. The predicted molar refractivity (Wildman–Crippen MR) is 110 cm³/mol. The molecule has 1 N–H and O–H groups in total. The highest BCUT2D eigenvalue weighted by Gasteiger charge is 2.19. The molecule has 1 aliphatic heterocycles. The molecule has 0 aliphatic carbocycles. The Morgan fingerprint density at radius 3 is 2.66 bits per heavy atom. The first-order valence-electron chi connectivity index (χ1n) is 9.64. The fourth-order valence-electron chi connectivity index (χ4n) is 3.65. The van der Waals surface area contributed by atoms with E-state index < -0.39 is 0 Å². The monoisotopic (exact) mass is 396 g/mol. The fraction of sp³-hybridized carbons (Fsp3) is 0.400. The van der Waals surface area contributed by atoms with Crippen molar-refractivity contribution >= 4 is 16.6 Å². The lowest BCUT2D eigenvalue weighted by Crippen LogP contribution is -2.46. The number of hydrogen-bond acceptors (Lipinski definition) is 7. The van der Waals surface area contributed by atoms with Crippen LogP contribution in [-0.2, 0) is 20.1 Å². The van der Waals surface area contributed by atoms with E-state index in [0.717, 1.165) is 37.6 Å². The largest absolute Gasteiger partial charge is 0.395 e. The van der Waals surface area contributed by atoms with Crippen molar-refractivity contribution in [3.63, 3.8) is 0 Å². The van der Waals surface area contributed by atoms with E-state index in [4.69, 9.17) is 5.11 Å². The van der Waals surface area contributed by atoms with E-state index in [1.54, 1.807) is 17.8 Å². The van der Waals surface area contributed by atoms with Gasteiger partial charge in [-0.2, -0.15) is 0 Å². The second kappa shape index (κ2) is 8.14. The van der Waals surface area contributed by atoms with E-state index in [-0.39, 0.29) is 24.3 Å². The van der Waals surface area contributed by atoms with Crippen LogP contribution in [0.2, 0.25) is 0 Å². The molecule has 0 unspecified atom stereocenters. The van der Waals surface area contributed by atoms with Crippen LogP contribution >= 0.6 is 0 Å². The molecule has 4 rings (SSSR count). The summed E-state index contributed by atoms with van der Waals surface area (Å²) in [6, 6.07) is 5.71. The van der Waals surface area contributed by atoms with Crippen LogP contribution in [0.1, 0.15) is 5.69 Å². The third-order valence-electron chi connectivity index (χ3n) is 5.44. The number of fused-ring (bicyclic) bond motifs is 1. The smallest absolute Gasteiger partial charge is 0.268 e. The Balaban J connectivity index is 1.46. The van der Waals surface area contributed by atoms with Gasteiger partial charge in [-0.3, -0.25) is 24.0 Å². The fourth-order valence-corrected chi connectivity index (χ4v) is 3.65. The van der Waals surface area contributed by atoms with Gasteiger partial charge in [0, 0.05) is 51.7 Å². The first-order valence-corrected chi connectivity index (χ1v) is 9.64. The van der Waals surface area contributed by atoms with Gasteiger partial charge in [0.15, 0.2) is 0 Å². The number of anilines is 1. The topological polar surface area (TPSA) is 96.5 Å². The van der Waals surface area contributed by atoms with Gasteiger partial charge in [0.25, 0.3) is 11.1 Å². The third-order valence-corrected chi connectivity index (χ3v) is 5.44. The average molecular weight is 396 g/mol. The number of nitrogens with zero attached hydrogens (tertiary/aromatic N) is 6. The molecule has 29 heavy (non-hydrogen) atoms. The van der Waals surface area contributed by atoms with E-state index in [1.807, 2.05) is 18.2 Å². The summed E-state index contributed by atoms with van der Waals surface area (Å²) < 4.78 is 3.06. The number of aliphatic hydroxyl groups excluding tert-OH is 1. The molecule has 0 amide bonds. The van der Waals surface area contributed by atoms with Gasteiger partial charge < -0.3 is 14.6 Å². The molecule has 0 radical (unpaired) electrons. The summed E-state index contributed by atoms with van der Waals surface area (Å²) in [6.07, 6.45) is 4.56. The van der Waals surface area contributed by atoms with Crippen molar-refractivity contribution in [3.8, 4) is 0 Å². The first-order chi connectivity index (χ1) is 14.1. The van der Waals surface area contributed by atoms with Crippen LogP contribution in [0.15, 0.2) is 46.5 Å². The Labute approximate surface area is 167 Å². The van der Waals surface area contributed by atoms with Gasteiger partial charge in [-0.05, 0) is 18.2 Å². The maximum absolute atomic E-state index is 12.4. The minimum absolute atomic E-state index is 0.0946. The molecule has 9 nitrogen and oxygen atoms in total. The molecule has 1 fully saturated rings. The quantitative estimate of drug-likeness (QED) is 0.638. The predicted octanol–water partition coefficient (Wildman–Crippen LogP) is -0.195. The summed E-state index contributed by atoms with van der Waals surface area (Å²) in [5.74, 6) is 0. The molecular formula is C20H24N6O3. The summed E-state index contributed by atoms with van der Waals surface area (Å²) >= 11 is 0. The number of aromatic nitrogens is 4. The molecule has 152 valence electrons. The second-order valence-corrected chi connectivity index (χ2v) is 7.23. The molecule has 9 heteroatoms. The van der Waals surface area contributed by atoms with Crippen molar-refractivity contribution in [3.05, 3.63) is 63.3 Å².